The minimum absolute atomic E-state index is 0.0734. The Hall–Kier alpha value is -2.48. The highest BCUT2D eigenvalue weighted by atomic mass is 32.2. The van der Waals surface area contributed by atoms with Crippen LogP contribution in [0.3, 0.4) is 0 Å². The van der Waals surface area contributed by atoms with Crippen LogP contribution in [-0.2, 0) is 16.4 Å². The zero-order valence-corrected chi connectivity index (χ0v) is 14.2. The van der Waals surface area contributed by atoms with Gasteiger partial charge in [-0.15, -0.1) is 0 Å². The molecule has 2 N–H and O–H groups in total. The van der Waals surface area contributed by atoms with Gasteiger partial charge in [0.05, 0.1) is 22.8 Å². The number of hydrogen-bond acceptors (Lipinski definition) is 5. The van der Waals surface area contributed by atoms with Crippen molar-refractivity contribution in [2.24, 2.45) is 0 Å². The molecule has 0 aliphatic carbocycles. The zero-order valence-electron chi connectivity index (χ0n) is 13.4. The summed E-state index contributed by atoms with van der Waals surface area (Å²) in [6, 6.07) is 7.66. The topological polar surface area (TPSA) is 88.2 Å². The first-order chi connectivity index (χ1) is 11.9. The van der Waals surface area contributed by atoms with Crippen molar-refractivity contribution in [2.45, 2.75) is 19.0 Å². The Labute approximate surface area is 145 Å². The second-order valence-corrected chi connectivity index (χ2v) is 8.21. The molecule has 3 rings (SSSR count). The van der Waals surface area contributed by atoms with Crippen LogP contribution in [0.15, 0.2) is 42.7 Å². The number of halogens is 1. The number of anilines is 1. The van der Waals surface area contributed by atoms with Gasteiger partial charge < -0.3 is 10.6 Å². The average Bonchev–Trinajstić information content (AvgIpc) is 2.92. The van der Waals surface area contributed by atoms with Crippen LogP contribution in [0.25, 0.3) is 0 Å². The van der Waals surface area contributed by atoms with Crippen LogP contribution in [0.5, 0.6) is 0 Å². The van der Waals surface area contributed by atoms with E-state index in [9.17, 15) is 17.6 Å². The zero-order chi connectivity index (χ0) is 17.9. The molecule has 1 fully saturated rings. The lowest BCUT2D eigenvalue weighted by Crippen LogP contribution is -2.24. The van der Waals surface area contributed by atoms with Crippen molar-refractivity contribution in [1.82, 2.24) is 10.3 Å². The lowest BCUT2D eigenvalue weighted by molar-refractivity contribution is 0.0950. The van der Waals surface area contributed by atoms with Gasteiger partial charge in [0.1, 0.15) is 5.82 Å². The summed E-state index contributed by atoms with van der Waals surface area (Å²) in [6.07, 6.45) is 3.48. The molecule has 1 unspecified atom stereocenters. The summed E-state index contributed by atoms with van der Waals surface area (Å²) in [6.45, 7) is 0.0734. The summed E-state index contributed by atoms with van der Waals surface area (Å²) in [7, 11) is -2.98. The van der Waals surface area contributed by atoms with Crippen molar-refractivity contribution in [1.29, 1.82) is 0 Å². The molecule has 2 aromatic rings. The first kappa shape index (κ1) is 17.3. The molecule has 8 heteroatoms. The summed E-state index contributed by atoms with van der Waals surface area (Å²) < 4.78 is 36.6. The van der Waals surface area contributed by atoms with Crippen LogP contribution >= 0.6 is 0 Å². The van der Waals surface area contributed by atoms with E-state index in [1.807, 2.05) is 0 Å². The fourth-order valence-electron chi connectivity index (χ4n) is 2.71. The van der Waals surface area contributed by atoms with Gasteiger partial charge >= 0.3 is 0 Å². The van der Waals surface area contributed by atoms with Crippen LogP contribution < -0.4 is 10.6 Å². The van der Waals surface area contributed by atoms with Gasteiger partial charge in [0.25, 0.3) is 5.91 Å². The Morgan fingerprint density at radius 1 is 1.28 bits per heavy atom. The van der Waals surface area contributed by atoms with E-state index < -0.39 is 9.84 Å². The Bertz CT molecular complexity index is 886. The number of carbonyl (C=O) groups is 1. The molecule has 0 radical (unpaired) electrons. The molecular formula is C17H18FN3O3S. The number of sulfone groups is 1. The van der Waals surface area contributed by atoms with E-state index in [0.717, 1.165) is 0 Å². The highest BCUT2D eigenvalue weighted by Crippen LogP contribution is 2.18. The lowest BCUT2D eigenvalue weighted by Gasteiger charge is -2.13. The fourth-order valence-corrected chi connectivity index (χ4v) is 4.38. The molecule has 1 aromatic heterocycles. The van der Waals surface area contributed by atoms with Crippen molar-refractivity contribution >= 4 is 21.4 Å². The molecular weight excluding hydrogens is 345 g/mol. The van der Waals surface area contributed by atoms with E-state index in [1.165, 1.54) is 12.3 Å². The van der Waals surface area contributed by atoms with Gasteiger partial charge in [0.15, 0.2) is 9.84 Å². The average molecular weight is 363 g/mol. The van der Waals surface area contributed by atoms with Crippen molar-refractivity contribution < 1.29 is 17.6 Å². The van der Waals surface area contributed by atoms with Crippen molar-refractivity contribution in [3.63, 3.8) is 0 Å². The largest absolute Gasteiger partial charge is 0.380 e. The summed E-state index contributed by atoms with van der Waals surface area (Å²) in [4.78, 5) is 16.2. The summed E-state index contributed by atoms with van der Waals surface area (Å²) in [5, 5.41) is 5.74. The molecule has 0 bridgehead atoms. The maximum atomic E-state index is 13.6. The highest BCUT2D eigenvalue weighted by molar-refractivity contribution is 7.91. The summed E-state index contributed by atoms with van der Waals surface area (Å²) >= 11 is 0. The monoisotopic (exact) mass is 363 g/mol. The molecule has 1 aliphatic rings. The maximum absolute atomic E-state index is 13.6. The number of aromatic nitrogens is 1. The van der Waals surface area contributed by atoms with Crippen LogP contribution in [0.4, 0.5) is 10.1 Å². The normalized spacial score (nSPS) is 18.7. The number of rotatable bonds is 5. The molecule has 1 aromatic carbocycles. The number of pyridine rings is 1. The number of nitrogens with zero attached hydrogens (tertiary/aromatic N) is 1. The molecule has 132 valence electrons. The number of carbonyl (C=O) groups excluding carboxylic acids is 1. The van der Waals surface area contributed by atoms with Crippen molar-refractivity contribution in [3.05, 3.63) is 59.7 Å². The van der Waals surface area contributed by atoms with E-state index in [-0.39, 0.29) is 35.8 Å². The lowest BCUT2D eigenvalue weighted by atomic mass is 10.2. The van der Waals surface area contributed by atoms with Crippen LogP contribution in [0, 0.1) is 5.82 Å². The molecule has 6 nitrogen and oxygen atoms in total. The van der Waals surface area contributed by atoms with Gasteiger partial charge in [-0.25, -0.2) is 12.8 Å². The molecule has 2 heterocycles. The first-order valence-corrected chi connectivity index (χ1v) is 9.69. The van der Waals surface area contributed by atoms with Crippen LogP contribution in [0.2, 0.25) is 0 Å². The van der Waals surface area contributed by atoms with E-state index in [2.05, 4.69) is 15.6 Å². The van der Waals surface area contributed by atoms with E-state index in [1.54, 1.807) is 30.5 Å². The predicted molar refractivity (Wildman–Crippen MR) is 92.5 cm³/mol. The Morgan fingerprint density at radius 2 is 2.08 bits per heavy atom. The standard InChI is InChI=1S/C17H18FN3O3S/c18-16-4-2-1-3-12(16)9-20-17(22)13-7-15(10-19-8-13)21-14-5-6-25(23,24)11-14/h1-4,7-8,10,14,21H,5-6,9,11H2,(H,20,22). The highest BCUT2D eigenvalue weighted by Gasteiger charge is 2.27. The third-order valence-electron chi connectivity index (χ3n) is 4.00. The second-order valence-electron chi connectivity index (χ2n) is 5.98. The van der Waals surface area contributed by atoms with Gasteiger partial charge in [-0.2, -0.15) is 0 Å². The predicted octanol–water partition coefficient (Wildman–Crippen LogP) is 1.75. The first-order valence-electron chi connectivity index (χ1n) is 7.86. The molecule has 1 amide bonds. The Kier molecular flexibility index (Phi) is 4.98. The summed E-state index contributed by atoms with van der Waals surface area (Å²) in [5.41, 5.74) is 1.30. The van der Waals surface area contributed by atoms with Gasteiger partial charge in [-0.3, -0.25) is 9.78 Å². The van der Waals surface area contributed by atoms with Crippen LogP contribution in [-0.4, -0.2) is 36.9 Å². The number of hydrogen-bond donors (Lipinski definition) is 2. The van der Waals surface area contributed by atoms with E-state index in [4.69, 9.17) is 0 Å². The quantitative estimate of drug-likeness (QED) is 0.845. The fraction of sp³-hybridized carbons (Fsp3) is 0.294. The number of benzene rings is 1. The van der Waals surface area contributed by atoms with Crippen molar-refractivity contribution in [2.75, 3.05) is 16.8 Å². The molecule has 1 atom stereocenters. The third-order valence-corrected chi connectivity index (χ3v) is 5.77. The van der Waals surface area contributed by atoms with Gasteiger partial charge in [-0.05, 0) is 18.6 Å². The van der Waals surface area contributed by atoms with Gasteiger partial charge in [0, 0.05) is 30.5 Å². The minimum atomic E-state index is -2.98. The van der Waals surface area contributed by atoms with Crippen LogP contribution in [0.1, 0.15) is 22.3 Å². The Balaban J connectivity index is 1.63. The summed E-state index contributed by atoms with van der Waals surface area (Å²) in [5.74, 6) is -0.505. The molecule has 25 heavy (non-hydrogen) atoms. The van der Waals surface area contributed by atoms with Gasteiger partial charge in [-0.1, -0.05) is 18.2 Å². The van der Waals surface area contributed by atoms with Gasteiger partial charge in [0.2, 0.25) is 0 Å². The molecule has 1 aliphatic heterocycles. The smallest absolute Gasteiger partial charge is 0.253 e. The third kappa shape index (κ3) is 4.54. The molecule has 0 spiro atoms. The number of amides is 1. The van der Waals surface area contributed by atoms with E-state index >= 15 is 0 Å². The number of nitrogens with one attached hydrogen (secondary N) is 2. The second kappa shape index (κ2) is 7.18. The molecule has 1 saturated heterocycles. The minimum Gasteiger partial charge on any atom is -0.380 e. The Morgan fingerprint density at radius 3 is 2.80 bits per heavy atom. The maximum Gasteiger partial charge on any atom is 0.253 e. The SMILES string of the molecule is O=C(NCc1ccccc1F)c1cncc(NC2CCS(=O)(=O)C2)c1. The van der Waals surface area contributed by atoms with Crippen molar-refractivity contribution in [3.8, 4) is 0 Å². The molecule has 0 saturated carbocycles. The van der Waals surface area contributed by atoms with E-state index in [0.29, 0.717) is 23.2 Å².